The predicted octanol–water partition coefficient (Wildman–Crippen LogP) is 2.49. The van der Waals surface area contributed by atoms with Gasteiger partial charge in [0.2, 0.25) is 0 Å². The van der Waals surface area contributed by atoms with Gasteiger partial charge in [-0.1, -0.05) is 27.7 Å². The van der Waals surface area contributed by atoms with Crippen molar-refractivity contribution in [3.63, 3.8) is 0 Å². The van der Waals surface area contributed by atoms with Gasteiger partial charge < -0.3 is 10.6 Å². The van der Waals surface area contributed by atoms with Crippen LogP contribution in [0.25, 0.3) is 0 Å². The highest BCUT2D eigenvalue weighted by molar-refractivity contribution is 5.50. The van der Waals surface area contributed by atoms with E-state index in [4.69, 9.17) is 5.73 Å². The quantitative estimate of drug-likeness (QED) is 0.890. The van der Waals surface area contributed by atoms with Crippen LogP contribution in [-0.2, 0) is 13.5 Å². The topological polar surface area (TPSA) is 47.1 Å². The van der Waals surface area contributed by atoms with Crippen molar-refractivity contribution in [3.8, 4) is 0 Å². The van der Waals surface area contributed by atoms with Gasteiger partial charge in [0.25, 0.3) is 0 Å². The van der Waals surface area contributed by atoms with Crippen LogP contribution in [0.3, 0.4) is 0 Å². The fraction of sp³-hybridized carbons (Fsp3) is 0.800. The summed E-state index contributed by atoms with van der Waals surface area (Å²) >= 11 is 0. The monoisotopic (exact) mass is 266 g/mol. The summed E-state index contributed by atoms with van der Waals surface area (Å²) in [7, 11) is 4.16. The summed E-state index contributed by atoms with van der Waals surface area (Å²) in [5, 5.41) is 4.57. The van der Waals surface area contributed by atoms with E-state index in [0.717, 1.165) is 25.1 Å². The smallest absolute Gasteiger partial charge is 0.129 e. The van der Waals surface area contributed by atoms with Gasteiger partial charge >= 0.3 is 0 Å². The van der Waals surface area contributed by atoms with Crippen molar-refractivity contribution in [1.82, 2.24) is 9.78 Å². The number of nitrogens with two attached hydrogens (primary N) is 1. The molecular weight excluding hydrogens is 236 g/mol. The van der Waals surface area contributed by atoms with E-state index >= 15 is 0 Å². The molecule has 1 atom stereocenters. The molecule has 1 aromatic heterocycles. The maximum atomic E-state index is 6.12. The summed E-state index contributed by atoms with van der Waals surface area (Å²) in [5.41, 5.74) is 8.78. The highest BCUT2D eigenvalue weighted by Crippen LogP contribution is 2.26. The first-order valence-corrected chi connectivity index (χ1v) is 7.15. The van der Waals surface area contributed by atoms with Crippen molar-refractivity contribution < 1.29 is 0 Å². The van der Waals surface area contributed by atoms with E-state index in [1.165, 1.54) is 11.4 Å². The molecule has 0 spiro atoms. The molecule has 4 nitrogen and oxygen atoms in total. The maximum absolute atomic E-state index is 6.12. The minimum atomic E-state index is 0.213. The Kier molecular flexibility index (Phi) is 5.02. The van der Waals surface area contributed by atoms with Crippen LogP contribution in [0.1, 0.15) is 45.4 Å². The van der Waals surface area contributed by atoms with Gasteiger partial charge in [-0.15, -0.1) is 0 Å². The number of nitrogens with zero attached hydrogens (tertiary/aromatic N) is 3. The average Bonchev–Trinajstić information content (AvgIpc) is 2.51. The number of rotatable bonds is 5. The molecule has 1 heterocycles. The molecule has 1 aromatic rings. The Morgan fingerprint density at radius 2 is 1.95 bits per heavy atom. The normalized spacial score (nSPS) is 13.7. The zero-order valence-corrected chi connectivity index (χ0v) is 13.6. The van der Waals surface area contributed by atoms with Crippen molar-refractivity contribution in [3.05, 3.63) is 11.3 Å². The van der Waals surface area contributed by atoms with Crippen LogP contribution < -0.4 is 10.6 Å². The van der Waals surface area contributed by atoms with Crippen molar-refractivity contribution in [2.24, 2.45) is 18.2 Å². The van der Waals surface area contributed by atoms with Crippen LogP contribution >= 0.6 is 0 Å². The lowest BCUT2D eigenvalue weighted by molar-refractivity contribution is 0.415. The fourth-order valence-corrected chi connectivity index (χ4v) is 2.60. The third-order valence-corrected chi connectivity index (χ3v) is 3.38. The Labute approximate surface area is 118 Å². The van der Waals surface area contributed by atoms with Crippen molar-refractivity contribution >= 4 is 5.82 Å². The molecule has 0 saturated heterocycles. The lowest BCUT2D eigenvalue weighted by Crippen LogP contribution is -2.32. The van der Waals surface area contributed by atoms with Gasteiger partial charge in [-0.05, 0) is 25.2 Å². The average molecular weight is 266 g/mol. The van der Waals surface area contributed by atoms with Gasteiger partial charge in [0.15, 0.2) is 0 Å². The molecule has 19 heavy (non-hydrogen) atoms. The van der Waals surface area contributed by atoms with E-state index in [1.54, 1.807) is 0 Å². The molecule has 2 N–H and O–H groups in total. The van der Waals surface area contributed by atoms with E-state index < -0.39 is 0 Å². The largest absolute Gasteiger partial charge is 0.359 e. The number of aryl methyl sites for hydroxylation is 2. The van der Waals surface area contributed by atoms with Crippen LogP contribution in [0, 0.1) is 12.3 Å². The van der Waals surface area contributed by atoms with Gasteiger partial charge in [-0.3, -0.25) is 4.68 Å². The summed E-state index contributed by atoms with van der Waals surface area (Å²) in [6.45, 7) is 12.0. The Balaban J connectivity index is 3.05. The van der Waals surface area contributed by atoms with Crippen molar-refractivity contribution in [2.75, 3.05) is 18.5 Å². The molecule has 0 fully saturated rings. The number of aromatic nitrogens is 2. The number of hydrogen-bond donors (Lipinski definition) is 1. The third-order valence-electron chi connectivity index (χ3n) is 3.38. The van der Waals surface area contributed by atoms with Gasteiger partial charge in [-0.2, -0.15) is 5.10 Å². The Morgan fingerprint density at radius 1 is 1.37 bits per heavy atom. The second-order valence-electron chi connectivity index (χ2n) is 6.80. The standard InChI is InChI=1S/C15H30N4/c1-8-12(16)9-13-11(2)17-19(7)14(13)18(6)10-15(3,4)5/h12H,8-10,16H2,1-7H3. The second kappa shape index (κ2) is 5.95. The molecule has 110 valence electrons. The zero-order chi connectivity index (χ0) is 14.8. The second-order valence-corrected chi connectivity index (χ2v) is 6.80. The van der Waals surface area contributed by atoms with E-state index in [1.807, 2.05) is 11.7 Å². The van der Waals surface area contributed by atoms with E-state index in [0.29, 0.717) is 0 Å². The molecule has 0 bridgehead atoms. The molecule has 0 amide bonds. The molecule has 0 aromatic carbocycles. The van der Waals surface area contributed by atoms with Gasteiger partial charge in [-0.25, -0.2) is 0 Å². The summed E-state index contributed by atoms with van der Waals surface area (Å²) in [4.78, 5) is 2.30. The Morgan fingerprint density at radius 3 is 2.42 bits per heavy atom. The van der Waals surface area contributed by atoms with E-state index in [-0.39, 0.29) is 11.5 Å². The summed E-state index contributed by atoms with van der Waals surface area (Å²) in [6.07, 6.45) is 1.90. The first-order valence-electron chi connectivity index (χ1n) is 7.15. The maximum Gasteiger partial charge on any atom is 0.129 e. The zero-order valence-electron chi connectivity index (χ0n) is 13.6. The minimum absolute atomic E-state index is 0.213. The van der Waals surface area contributed by atoms with Crippen LogP contribution in [0.5, 0.6) is 0 Å². The van der Waals surface area contributed by atoms with Crippen LogP contribution in [0.15, 0.2) is 0 Å². The summed E-state index contributed by atoms with van der Waals surface area (Å²) in [6, 6.07) is 0.213. The molecule has 0 aliphatic carbocycles. The third kappa shape index (κ3) is 4.23. The van der Waals surface area contributed by atoms with Crippen LogP contribution in [-0.4, -0.2) is 29.4 Å². The lowest BCUT2D eigenvalue weighted by atomic mass is 9.96. The van der Waals surface area contributed by atoms with Crippen LogP contribution in [0.4, 0.5) is 5.82 Å². The Bertz CT molecular complexity index is 415. The predicted molar refractivity (Wildman–Crippen MR) is 82.6 cm³/mol. The molecule has 4 heteroatoms. The molecule has 0 aliphatic heterocycles. The molecule has 0 aliphatic rings. The highest BCUT2D eigenvalue weighted by atomic mass is 15.4. The fourth-order valence-electron chi connectivity index (χ4n) is 2.60. The summed E-state index contributed by atoms with van der Waals surface area (Å²) in [5.74, 6) is 1.20. The molecule has 0 radical (unpaired) electrons. The number of anilines is 1. The minimum Gasteiger partial charge on any atom is -0.359 e. The van der Waals surface area contributed by atoms with E-state index in [9.17, 15) is 0 Å². The first kappa shape index (κ1) is 16.0. The molecule has 0 saturated carbocycles. The van der Waals surface area contributed by atoms with Crippen molar-refractivity contribution in [2.45, 2.75) is 53.5 Å². The highest BCUT2D eigenvalue weighted by Gasteiger charge is 2.22. The van der Waals surface area contributed by atoms with Gasteiger partial charge in [0, 0.05) is 32.2 Å². The molecule has 1 rings (SSSR count). The SMILES string of the molecule is CCC(N)Cc1c(C)nn(C)c1N(C)CC(C)(C)C. The van der Waals surface area contributed by atoms with Crippen LogP contribution in [0.2, 0.25) is 0 Å². The van der Waals surface area contributed by atoms with Crippen molar-refractivity contribution in [1.29, 1.82) is 0 Å². The molecule has 1 unspecified atom stereocenters. The van der Waals surface area contributed by atoms with Gasteiger partial charge in [0.1, 0.15) is 5.82 Å². The lowest BCUT2D eigenvalue weighted by Gasteiger charge is -2.29. The van der Waals surface area contributed by atoms with E-state index in [2.05, 4.69) is 51.7 Å². The summed E-state index contributed by atoms with van der Waals surface area (Å²) < 4.78 is 1.98. The first-order chi connectivity index (χ1) is 8.65. The van der Waals surface area contributed by atoms with Gasteiger partial charge in [0.05, 0.1) is 5.69 Å². The number of hydrogen-bond acceptors (Lipinski definition) is 3. The Hall–Kier alpha value is -1.03. The molecular formula is C15H30N4.